The summed E-state index contributed by atoms with van der Waals surface area (Å²) in [6.45, 7) is 6.76. The van der Waals surface area contributed by atoms with E-state index in [1.54, 1.807) is 0 Å². The van der Waals surface area contributed by atoms with Crippen LogP contribution in [0.3, 0.4) is 0 Å². The number of hydrogen-bond donors (Lipinski definition) is 1. The Kier molecular flexibility index (Phi) is 5.50. The lowest BCUT2D eigenvalue weighted by Gasteiger charge is -2.31. The van der Waals surface area contributed by atoms with Gasteiger partial charge in [0, 0.05) is 26.2 Å². The molecule has 4 rings (SSSR count). The molecule has 3 heterocycles. The second kappa shape index (κ2) is 8.02. The van der Waals surface area contributed by atoms with Crippen molar-refractivity contribution in [3.8, 4) is 0 Å². The summed E-state index contributed by atoms with van der Waals surface area (Å²) in [6, 6.07) is 1.37. The fraction of sp³-hybridized carbons (Fsp3) is 0.650. The van der Waals surface area contributed by atoms with Gasteiger partial charge in [0.05, 0.1) is 17.6 Å². The topological polar surface area (TPSA) is 63.1 Å². The van der Waals surface area contributed by atoms with Crippen LogP contribution in [0.2, 0.25) is 0 Å². The predicted octanol–water partition coefficient (Wildman–Crippen LogP) is 2.48. The van der Waals surface area contributed by atoms with Gasteiger partial charge in [-0.05, 0) is 44.2 Å². The molecule has 1 aliphatic heterocycles. The van der Waals surface area contributed by atoms with Gasteiger partial charge in [0.1, 0.15) is 11.6 Å². The molecule has 2 aliphatic rings. The molecule has 0 radical (unpaired) electrons. The van der Waals surface area contributed by atoms with Crippen LogP contribution in [-0.2, 0) is 6.54 Å². The minimum atomic E-state index is -0.490. The Bertz CT molecular complexity index is 855. The van der Waals surface area contributed by atoms with Crippen LogP contribution in [0.1, 0.15) is 50.9 Å². The van der Waals surface area contributed by atoms with Crippen molar-refractivity contribution in [2.24, 2.45) is 5.92 Å². The van der Waals surface area contributed by atoms with Crippen LogP contribution in [0.25, 0.3) is 11.0 Å². The van der Waals surface area contributed by atoms with E-state index in [4.69, 9.17) is 4.98 Å². The second-order valence-electron chi connectivity index (χ2n) is 7.80. The zero-order valence-electron chi connectivity index (χ0n) is 16.0. The molecule has 0 aromatic carbocycles. The molecule has 0 unspecified atom stereocenters. The monoisotopic (exact) mass is 373 g/mol. The van der Waals surface area contributed by atoms with Crippen LogP contribution in [0.4, 0.5) is 4.39 Å². The summed E-state index contributed by atoms with van der Waals surface area (Å²) >= 11 is 0. The molecule has 2 fully saturated rings. The van der Waals surface area contributed by atoms with Gasteiger partial charge >= 0.3 is 0 Å². The number of aromatic nitrogens is 3. The molecular formula is C20H28FN5O. The van der Waals surface area contributed by atoms with Crippen molar-refractivity contribution >= 4 is 11.0 Å². The van der Waals surface area contributed by atoms with Crippen molar-refractivity contribution in [2.75, 3.05) is 26.2 Å². The van der Waals surface area contributed by atoms with Crippen LogP contribution in [0.5, 0.6) is 0 Å². The highest BCUT2D eigenvalue weighted by atomic mass is 19.1. The largest absolute Gasteiger partial charge is 0.315 e. The van der Waals surface area contributed by atoms with Crippen molar-refractivity contribution in [1.29, 1.82) is 0 Å². The van der Waals surface area contributed by atoms with E-state index in [0.29, 0.717) is 18.1 Å². The maximum atomic E-state index is 13.7. The molecule has 0 spiro atoms. The Labute approximate surface area is 158 Å². The van der Waals surface area contributed by atoms with Gasteiger partial charge in [0.15, 0.2) is 5.65 Å². The van der Waals surface area contributed by atoms with E-state index in [9.17, 15) is 9.18 Å². The minimum absolute atomic E-state index is 0.0950. The normalized spacial score (nSPS) is 19.9. The number of nitrogens with zero attached hydrogens (tertiary/aromatic N) is 4. The number of fused-ring (bicyclic) bond motifs is 1. The van der Waals surface area contributed by atoms with Crippen LogP contribution in [0.15, 0.2) is 17.1 Å². The van der Waals surface area contributed by atoms with Gasteiger partial charge in [-0.3, -0.25) is 14.3 Å². The molecule has 146 valence electrons. The van der Waals surface area contributed by atoms with E-state index in [-0.39, 0.29) is 17.0 Å². The quantitative estimate of drug-likeness (QED) is 0.843. The fourth-order valence-electron chi connectivity index (χ4n) is 4.01. The van der Waals surface area contributed by atoms with Crippen LogP contribution in [0, 0.1) is 11.7 Å². The van der Waals surface area contributed by atoms with E-state index in [2.05, 4.69) is 22.1 Å². The summed E-state index contributed by atoms with van der Waals surface area (Å²) in [5, 5.41) is 3.73. The summed E-state index contributed by atoms with van der Waals surface area (Å²) in [4.78, 5) is 24.6. The SMILES string of the molecule is CCC[C@@H](c1nc2ncc(F)cc2c(=O)n1CC1CC1)N1CCCNCC1. The molecule has 0 bridgehead atoms. The number of rotatable bonds is 6. The van der Waals surface area contributed by atoms with Gasteiger partial charge in [-0.2, -0.15) is 0 Å². The Morgan fingerprint density at radius 2 is 2.19 bits per heavy atom. The first kappa shape index (κ1) is 18.5. The van der Waals surface area contributed by atoms with E-state index >= 15 is 0 Å². The third kappa shape index (κ3) is 4.04. The number of hydrogen-bond acceptors (Lipinski definition) is 5. The summed E-state index contributed by atoms with van der Waals surface area (Å²) in [6.07, 6.45) is 6.50. The van der Waals surface area contributed by atoms with E-state index in [1.807, 2.05) is 4.57 Å². The molecule has 1 saturated heterocycles. The van der Waals surface area contributed by atoms with Gasteiger partial charge < -0.3 is 5.32 Å². The first-order valence-electron chi connectivity index (χ1n) is 10.2. The average molecular weight is 373 g/mol. The molecule has 7 heteroatoms. The number of pyridine rings is 1. The molecular weight excluding hydrogens is 345 g/mol. The van der Waals surface area contributed by atoms with Gasteiger partial charge in [-0.25, -0.2) is 14.4 Å². The zero-order chi connectivity index (χ0) is 18.8. The van der Waals surface area contributed by atoms with Crippen LogP contribution in [-0.4, -0.2) is 45.6 Å². The fourth-order valence-corrected chi connectivity index (χ4v) is 4.01. The summed E-state index contributed by atoms with van der Waals surface area (Å²) in [5.41, 5.74) is 0.209. The standard InChI is InChI=1S/C20H28FN5O/c1-2-4-17(25-9-3-7-22-8-10-25)19-24-18-16(11-15(21)12-23-18)20(27)26(19)13-14-5-6-14/h11-12,14,17,22H,2-10,13H2,1H3/t17-/m0/s1. The Balaban J connectivity index is 1.83. The highest BCUT2D eigenvalue weighted by Gasteiger charge is 2.30. The van der Waals surface area contributed by atoms with Crippen LogP contribution < -0.4 is 10.9 Å². The zero-order valence-corrected chi connectivity index (χ0v) is 16.0. The second-order valence-corrected chi connectivity index (χ2v) is 7.80. The third-order valence-electron chi connectivity index (χ3n) is 5.62. The number of halogens is 1. The number of nitrogens with one attached hydrogen (secondary N) is 1. The average Bonchev–Trinajstić information content (AvgIpc) is 3.50. The highest BCUT2D eigenvalue weighted by molar-refractivity contribution is 5.73. The summed E-state index contributed by atoms with van der Waals surface area (Å²) in [5.74, 6) is 0.855. The first-order valence-corrected chi connectivity index (χ1v) is 10.2. The molecule has 1 aliphatic carbocycles. The van der Waals surface area contributed by atoms with Gasteiger partial charge in [0.25, 0.3) is 5.56 Å². The molecule has 1 N–H and O–H groups in total. The molecule has 2 aromatic rings. The Morgan fingerprint density at radius 3 is 2.96 bits per heavy atom. The lowest BCUT2D eigenvalue weighted by atomic mass is 10.1. The van der Waals surface area contributed by atoms with E-state index in [1.165, 1.54) is 6.07 Å². The highest BCUT2D eigenvalue weighted by Crippen LogP contribution is 2.32. The van der Waals surface area contributed by atoms with Gasteiger partial charge in [0.2, 0.25) is 0 Å². The maximum absolute atomic E-state index is 13.7. The third-order valence-corrected chi connectivity index (χ3v) is 5.62. The molecule has 1 saturated carbocycles. The first-order chi connectivity index (χ1) is 13.2. The van der Waals surface area contributed by atoms with E-state index in [0.717, 1.165) is 70.3 Å². The Morgan fingerprint density at radius 1 is 1.33 bits per heavy atom. The van der Waals surface area contributed by atoms with Gasteiger partial charge in [-0.1, -0.05) is 13.3 Å². The lowest BCUT2D eigenvalue weighted by Crippen LogP contribution is -2.37. The van der Waals surface area contributed by atoms with Gasteiger partial charge in [-0.15, -0.1) is 0 Å². The maximum Gasteiger partial charge on any atom is 0.263 e. The summed E-state index contributed by atoms with van der Waals surface area (Å²) < 4.78 is 15.5. The predicted molar refractivity (Wildman–Crippen MR) is 103 cm³/mol. The summed E-state index contributed by atoms with van der Waals surface area (Å²) in [7, 11) is 0. The van der Waals surface area contributed by atoms with Crippen molar-refractivity contribution in [1.82, 2.24) is 24.8 Å². The molecule has 2 aromatic heterocycles. The van der Waals surface area contributed by atoms with Crippen molar-refractivity contribution in [3.05, 3.63) is 34.3 Å². The molecule has 0 amide bonds. The smallest absolute Gasteiger partial charge is 0.263 e. The molecule has 1 atom stereocenters. The van der Waals surface area contributed by atoms with Crippen molar-refractivity contribution in [2.45, 2.75) is 51.6 Å². The lowest BCUT2D eigenvalue weighted by molar-refractivity contribution is 0.184. The molecule has 27 heavy (non-hydrogen) atoms. The van der Waals surface area contributed by atoms with E-state index < -0.39 is 5.82 Å². The minimum Gasteiger partial charge on any atom is -0.315 e. The van der Waals surface area contributed by atoms with Crippen molar-refractivity contribution < 1.29 is 4.39 Å². The van der Waals surface area contributed by atoms with Crippen LogP contribution >= 0.6 is 0 Å². The molecule has 6 nitrogen and oxygen atoms in total. The Hall–Kier alpha value is -1.86. The van der Waals surface area contributed by atoms with Crippen molar-refractivity contribution in [3.63, 3.8) is 0 Å².